The van der Waals surface area contributed by atoms with Crippen molar-refractivity contribution in [2.75, 3.05) is 0 Å². The molecule has 0 saturated heterocycles. The van der Waals surface area contributed by atoms with Gasteiger partial charge in [0.05, 0.1) is 11.0 Å². The van der Waals surface area contributed by atoms with Gasteiger partial charge in [0.1, 0.15) is 5.82 Å². The van der Waals surface area contributed by atoms with Gasteiger partial charge in [-0.3, -0.25) is 0 Å². The molecule has 0 aliphatic rings. The minimum Gasteiger partial charge on any atom is -0.354 e. The molecule has 0 bridgehead atoms. The van der Waals surface area contributed by atoms with Gasteiger partial charge in [0, 0.05) is 25.4 Å². The Kier molecular flexibility index (Phi) is 2.22. The summed E-state index contributed by atoms with van der Waals surface area (Å²) in [4.78, 5) is 7.88. The van der Waals surface area contributed by atoms with Crippen LogP contribution >= 0.6 is 0 Å². The first-order valence-corrected chi connectivity index (χ1v) is 5.46. The second kappa shape index (κ2) is 3.85. The summed E-state index contributed by atoms with van der Waals surface area (Å²) in [5, 5.41) is 0. The van der Waals surface area contributed by atoms with Crippen LogP contribution in [0.1, 0.15) is 5.82 Å². The van der Waals surface area contributed by atoms with Crippen LogP contribution in [0.15, 0.2) is 48.8 Å². The SMILES string of the molecule is c1ccc2[nH]c(CCn3cccc3)nc2c1. The number of H-pyrrole nitrogens is 1. The zero-order chi connectivity index (χ0) is 10.8. The molecule has 3 rings (SSSR count). The molecular formula is C13H13N3. The highest BCUT2D eigenvalue weighted by Gasteiger charge is 2.01. The molecule has 0 atom stereocenters. The molecule has 0 spiro atoms. The van der Waals surface area contributed by atoms with Crippen molar-refractivity contribution in [2.45, 2.75) is 13.0 Å². The van der Waals surface area contributed by atoms with Crippen LogP contribution in [-0.2, 0) is 13.0 Å². The van der Waals surface area contributed by atoms with Gasteiger partial charge in [-0.2, -0.15) is 0 Å². The van der Waals surface area contributed by atoms with Gasteiger partial charge in [0.2, 0.25) is 0 Å². The molecule has 16 heavy (non-hydrogen) atoms. The standard InChI is InChI=1S/C13H13N3/c1-2-6-12-11(5-1)14-13(15-12)7-10-16-8-3-4-9-16/h1-6,8-9H,7,10H2,(H,14,15). The van der Waals surface area contributed by atoms with Crippen molar-refractivity contribution in [3.05, 3.63) is 54.6 Å². The number of rotatable bonds is 3. The topological polar surface area (TPSA) is 33.6 Å². The molecule has 3 heteroatoms. The first kappa shape index (κ1) is 9.21. The number of fused-ring (bicyclic) bond motifs is 1. The number of aryl methyl sites for hydroxylation is 2. The summed E-state index contributed by atoms with van der Waals surface area (Å²) < 4.78 is 2.16. The van der Waals surface area contributed by atoms with Crippen LogP contribution in [0.25, 0.3) is 11.0 Å². The second-order valence-electron chi connectivity index (χ2n) is 3.87. The van der Waals surface area contributed by atoms with Crippen LogP contribution in [-0.4, -0.2) is 14.5 Å². The third-order valence-electron chi connectivity index (χ3n) is 2.71. The molecule has 80 valence electrons. The molecule has 0 amide bonds. The van der Waals surface area contributed by atoms with Gasteiger partial charge < -0.3 is 9.55 Å². The van der Waals surface area contributed by atoms with Crippen molar-refractivity contribution in [3.63, 3.8) is 0 Å². The van der Waals surface area contributed by atoms with Gasteiger partial charge >= 0.3 is 0 Å². The molecule has 1 aromatic carbocycles. The summed E-state index contributed by atoms with van der Waals surface area (Å²) in [6.07, 6.45) is 5.08. The molecule has 0 aliphatic heterocycles. The van der Waals surface area contributed by atoms with Crippen molar-refractivity contribution in [1.82, 2.24) is 14.5 Å². The number of aromatic nitrogens is 3. The summed E-state index contributed by atoms with van der Waals surface area (Å²) in [6.45, 7) is 0.965. The van der Waals surface area contributed by atoms with E-state index in [1.165, 1.54) is 0 Å². The number of aromatic amines is 1. The molecule has 2 aromatic heterocycles. The Bertz CT molecular complexity index is 545. The van der Waals surface area contributed by atoms with E-state index >= 15 is 0 Å². The summed E-state index contributed by atoms with van der Waals surface area (Å²) >= 11 is 0. The Morgan fingerprint density at radius 3 is 2.69 bits per heavy atom. The van der Waals surface area contributed by atoms with Crippen molar-refractivity contribution < 1.29 is 0 Å². The van der Waals surface area contributed by atoms with Crippen LogP contribution in [0, 0.1) is 0 Å². The third kappa shape index (κ3) is 1.72. The lowest BCUT2D eigenvalue weighted by Crippen LogP contribution is -1.99. The molecule has 3 aromatic rings. The number of hydrogen-bond acceptors (Lipinski definition) is 1. The van der Waals surface area contributed by atoms with Crippen molar-refractivity contribution in [3.8, 4) is 0 Å². The summed E-state index contributed by atoms with van der Waals surface area (Å²) in [5.74, 6) is 1.05. The van der Waals surface area contributed by atoms with Gasteiger partial charge in [0.15, 0.2) is 0 Å². The van der Waals surface area contributed by atoms with E-state index < -0.39 is 0 Å². The number of para-hydroxylation sites is 2. The summed E-state index contributed by atoms with van der Waals surface area (Å²) in [7, 11) is 0. The number of nitrogens with zero attached hydrogens (tertiary/aromatic N) is 2. The number of imidazole rings is 1. The van der Waals surface area contributed by atoms with E-state index in [0.29, 0.717) is 0 Å². The highest BCUT2D eigenvalue weighted by Crippen LogP contribution is 2.10. The second-order valence-corrected chi connectivity index (χ2v) is 3.87. The van der Waals surface area contributed by atoms with Crippen LogP contribution in [0.2, 0.25) is 0 Å². The van der Waals surface area contributed by atoms with Crippen LogP contribution in [0.5, 0.6) is 0 Å². The minimum atomic E-state index is 0.934. The van der Waals surface area contributed by atoms with Crippen LogP contribution in [0.4, 0.5) is 0 Å². The maximum atomic E-state index is 4.54. The van der Waals surface area contributed by atoms with Gasteiger partial charge in [-0.15, -0.1) is 0 Å². The van der Waals surface area contributed by atoms with E-state index in [4.69, 9.17) is 0 Å². The van der Waals surface area contributed by atoms with E-state index in [1.807, 2.05) is 30.3 Å². The van der Waals surface area contributed by atoms with Crippen LogP contribution < -0.4 is 0 Å². The lowest BCUT2D eigenvalue weighted by Gasteiger charge is -1.99. The van der Waals surface area contributed by atoms with Crippen molar-refractivity contribution >= 4 is 11.0 Å². The fraction of sp³-hybridized carbons (Fsp3) is 0.154. The summed E-state index contributed by atoms with van der Waals surface area (Å²) in [6, 6.07) is 12.2. The zero-order valence-corrected chi connectivity index (χ0v) is 8.93. The summed E-state index contributed by atoms with van der Waals surface area (Å²) in [5.41, 5.74) is 2.16. The third-order valence-corrected chi connectivity index (χ3v) is 2.71. The Morgan fingerprint density at radius 1 is 1.06 bits per heavy atom. The highest BCUT2D eigenvalue weighted by atomic mass is 15.0. The average Bonchev–Trinajstić information content (AvgIpc) is 2.95. The highest BCUT2D eigenvalue weighted by molar-refractivity contribution is 5.74. The zero-order valence-electron chi connectivity index (χ0n) is 8.93. The number of hydrogen-bond donors (Lipinski definition) is 1. The monoisotopic (exact) mass is 211 g/mol. The molecule has 1 N–H and O–H groups in total. The Labute approximate surface area is 93.7 Å². The maximum absolute atomic E-state index is 4.54. The van der Waals surface area contributed by atoms with E-state index in [2.05, 4.69) is 33.0 Å². The molecule has 0 radical (unpaired) electrons. The molecule has 2 heterocycles. The fourth-order valence-electron chi connectivity index (χ4n) is 1.88. The smallest absolute Gasteiger partial charge is 0.109 e. The predicted octanol–water partition coefficient (Wildman–Crippen LogP) is 2.61. The first-order valence-electron chi connectivity index (χ1n) is 5.46. The van der Waals surface area contributed by atoms with Crippen LogP contribution in [0.3, 0.4) is 0 Å². The molecule has 3 nitrogen and oxygen atoms in total. The number of benzene rings is 1. The average molecular weight is 211 g/mol. The van der Waals surface area contributed by atoms with Gasteiger partial charge in [-0.1, -0.05) is 12.1 Å². The minimum absolute atomic E-state index is 0.934. The lowest BCUT2D eigenvalue weighted by molar-refractivity contribution is 0.682. The van der Waals surface area contributed by atoms with Crippen molar-refractivity contribution in [1.29, 1.82) is 0 Å². The Balaban J connectivity index is 1.79. The van der Waals surface area contributed by atoms with E-state index in [0.717, 1.165) is 29.8 Å². The van der Waals surface area contributed by atoms with E-state index in [1.54, 1.807) is 0 Å². The molecule has 0 fully saturated rings. The van der Waals surface area contributed by atoms with Crippen molar-refractivity contribution in [2.24, 2.45) is 0 Å². The van der Waals surface area contributed by atoms with E-state index in [-0.39, 0.29) is 0 Å². The maximum Gasteiger partial charge on any atom is 0.109 e. The first-order chi connectivity index (χ1) is 7.92. The van der Waals surface area contributed by atoms with E-state index in [9.17, 15) is 0 Å². The number of nitrogens with one attached hydrogen (secondary N) is 1. The predicted molar refractivity (Wildman–Crippen MR) is 64.2 cm³/mol. The van der Waals surface area contributed by atoms with Gasteiger partial charge in [0.25, 0.3) is 0 Å². The normalized spacial score (nSPS) is 11.0. The molecule has 0 aliphatic carbocycles. The largest absolute Gasteiger partial charge is 0.354 e. The lowest BCUT2D eigenvalue weighted by atomic mass is 10.3. The molecule has 0 unspecified atom stereocenters. The Morgan fingerprint density at radius 2 is 1.88 bits per heavy atom. The molecular weight excluding hydrogens is 198 g/mol. The fourth-order valence-corrected chi connectivity index (χ4v) is 1.88. The molecule has 0 saturated carbocycles. The van der Waals surface area contributed by atoms with Gasteiger partial charge in [-0.05, 0) is 24.3 Å². The quantitative estimate of drug-likeness (QED) is 0.709. The Hall–Kier alpha value is -2.03. The van der Waals surface area contributed by atoms with Gasteiger partial charge in [-0.25, -0.2) is 4.98 Å².